The van der Waals surface area contributed by atoms with Crippen molar-refractivity contribution in [2.75, 3.05) is 28.6 Å². The molecule has 2 aromatic rings. The third-order valence-corrected chi connectivity index (χ3v) is 3.92. The van der Waals surface area contributed by atoms with Gasteiger partial charge in [0, 0.05) is 31.4 Å². The van der Waals surface area contributed by atoms with Crippen LogP contribution in [-0.2, 0) is 4.79 Å². The first-order valence-electron chi connectivity index (χ1n) is 8.30. The number of nitrogens with zero attached hydrogens (tertiary/aromatic N) is 4. The summed E-state index contributed by atoms with van der Waals surface area (Å²) in [5, 5.41) is 14.0. The summed E-state index contributed by atoms with van der Waals surface area (Å²) >= 11 is 0. The van der Waals surface area contributed by atoms with Crippen molar-refractivity contribution < 1.29 is 4.79 Å². The zero-order valence-electron chi connectivity index (χ0n) is 13.8. The van der Waals surface area contributed by atoms with E-state index in [9.17, 15) is 4.79 Å². The average Bonchev–Trinajstić information content (AvgIpc) is 2.84. The Morgan fingerprint density at radius 3 is 2.62 bits per heavy atom. The molecule has 1 amide bonds. The summed E-state index contributed by atoms with van der Waals surface area (Å²) in [4.78, 5) is 18.0. The van der Waals surface area contributed by atoms with E-state index in [1.54, 1.807) is 6.20 Å². The summed E-state index contributed by atoms with van der Waals surface area (Å²) in [5.74, 6) is 1.21. The molecule has 0 spiro atoms. The van der Waals surface area contributed by atoms with Crippen LogP contribution < -0.4 is 15.5 Å². The molecule has 0 radical (unpaired) electrons. The smallest absolute Gasteiger partial charge is 0.249 e. The molecule has 3 rings (SSSR count). The fraction of sp³-hybridized carbons (Fsp3) is 0.412. The molecule has 1 aromatic heterocycles. The summed E-state index contributed by atoms with van der Waals surface area (Å²) in [6.45, 7) is 3.50. The molecule has 0 unspecified atom stereocenters. The van der Waals surface area contributed by atoms with Crippen LogP contribution in [0.2, 0.25) is 0 Å². The van der Waals surface area contributed by atoms with Crippen molar-refractivity contribution in [3.63, 3.8) is 0 Å². The number of hydrogen-bond donors (Lipinski definition) is 2. The van der Waals surface area contributed by atoms with E-state index in [-0.39, 0.29) is 5.91 Å². The van der Waals surface area contributed by atoms with Gasteiger partial charge in [0.1, 0.15) is 0 Å². The number of anilines is 4. The van der Waals surface area contributed by atoms with Crippen LogP contribution in [0, 0.1) is 0 Å². The van der Waals surface area contributed by atoms with Crippen LogP contribution in [0.15, 0.2) is 30.5 Å². The summed E-state index contributed by atoms with van der Waals surface area (Å²) in [7, 11) is 0. The second-order valence-corrected chi connectivity index (χ2v) is 5.93. The highest BCUT2D eigenvalue weighted by molar-refractivity contribution is 5.89. The van der Waals surface area contributed by atoms with E-state index < -0.39 is 0 Å². The lowest BCUT2D eigenvalue weighted by Crippen LogP contribution is -2.25. The van der Waals surface area contributed by atoms with Crippen LogP contribution in [0.3, 0.4) is 0 Å². The molecule has 2 heterocycles. The molecule has 7 nitrogen and oxygen atoms in total. The first-order valence-corrected chi connectivity index (χ1v) is 8.30. The topological polar surface area (TPSA) is 83.0 Å². The molecule has 7 heteroatoms. The van der Waals surface area contributed by atoms with E-state index >= 15 is 0 Å². The van der Waals surface area contributed by atoms with E-state index in [4.69, 9.17) is 0 Å². The molecule has 1 aromatic carbocycles. The average molecular weight is 326 g/mol. The number of carbonyl (C=O) groups is 1. The molecule has 0 bridgehead atoms. The van der Waals surface area contributed by atoms with Gasteiger partial charge in [-0.2, -0.15) is 10.1 Å². The number of hydrogen-bond acceptors (Lipinski definition) is 6. The van der Waals surface area contributed by atoms with Crippen LogP contribution in [0.4, 0.5) is 23.1 Å². The fourth-order valence-electron chi connectivity index (χ4n) is 2.81. The van der Waals surface area contributed by atoms with Gasteiger partial charge in [0.25, 0.3) is 0 Å². The highest BCUT2D eigenvalue weighted by Gasteiger charge is 2.12. The molecule has 1 saturated heterocycles. The molecule has 24 heavy (non-hydrogen) atoms. The standard InChI is InChI=1S/C17H22N6O/c1-13(24)19-14-7-6-8-15(11-14)20-17-21-16(12-18-22-17)23-9-4-2-3-5-10-23/h6-8,11-12H,2-5,9-10H2,1H3,(H,19,24)(H,20,21,22). The van der Waals surface area contributed by atoms with Gasteiger partial charge in [-0.05, 0) is 31.0 Å². The minimum atomic E-state index is -0.103. The molecule has 1 fully saturated rings. The summed E-state index contributed by atoms with van der Waals surface area (Å²) in [6, 6.07) is 7.43. The monoisotopic (exact) mass is 326 g/mol. The number of nitrogens with one attached hydrogen (secondary N) is 2. The lowest BCUT2D eigenvalue weighted by atomic mass is 10.2. The van der Waals surface area contributed by atoms with Gasteiger partial charge in [0.15, 0.2) is 5.82 Å². The second kappa shape index (κ2) is 7.72. The van der Waals surface area contributed by atoms with Crippen LogP contribution in [0.25, 0.3) is 0 Å². The predicted molar refractivity (Wildman–Crippen MR) is 94.5 cm³/mol. The maximum atomic E-state index is 11.2. The van der Waals surface area contributed by atoms with Gasteiger partial charge < -0.3 is 15.5 Å². The Morgan fingerprint density at radius 1 is 1.12 bits per heavy atom. The largest absolute Gasteiger partial charge is 0.355 e. The molecular weight excluding hydrogens is 304 g/mol. The number of carbonyl (C=O) groups excluding carboxylic acids is 1. The van der Waals surface area contributed by atoms with Crippen molar-refractivity contribution in [1.82, 2.24) is 15.2 Å². The Hall–Kier alpha value is -2.70. The third kappa shape index (κ3) is 4.41. The molecule has 0 saturated carbocycles. The first-order chi connectivity index (χ1) is 11.7. The second-order valence-electron chi connectivity index (χ2n) is 5.93. The molecule has 1 aliphatic rings. The van der Waals surface area contributed by atoms with E-state index in [0.29, 0.717) is 5.95 Å². The van der Waals surface area contributed by atoms with Gasteiger partial charge in [0.05, 0.1) is 6.20 Å². The Labute approximate surface area is 141 Å². The maximum Gasteiger partial charge on any atom is 0.249 e. The van der Waals surface area contributed by atoms with Gasteiger partial charge in [-0.25, -0.2) is 0 Å². The normalized spacial score (nSPS) is 14.8. The number of amides is 1. The number of benzene rings is 1. The van der Waals surface area contributed by atoms with Crippen molar-refractivity contribution in [1.29, 1.82) is 0 Å². The zero-order valence-corrected chi connectivity index (χ0v) is 13.8. The van der Waals surface area contributed by atoms with E-state index in [2.05, 4.69) is 30.7 Å². The number of aromatic nitrogens is 3. The molecule has 0 aliphatic carbocycles. The summed E-state index contributed by atoms with van der Waals surface area (Å²) in [5.41, 5.74) is 1.53. The zero-order chi connectivity index (χ0) is 16.8. The van der Waals surface area contributed by atoms with Gasteiger partial charge >= 0.3 is 0 Å². The van der Waals surface area contributed by atoms with Gasteiger partial charge in [-0.15, -0.1) is 5.10 Å². The Kier molecular flexibility index (Phi) is 5.20. The lowest BCUT2D eigenvalue weighted by molar-refractivity contribution is -0.114. The molecule has 2 N–H and O–H groups in total. The SMILES string of the molecule is CC(=O)Nc1cccc(Nc2nncc(N3CCCCCC3)n2)c1. The van der Waals surface area contributed by atoms with Gasteiger partial charge in [0.2, 0.25) is 11.9 Å². The quantitative estimate of drug-likeness (QED) is 0.899. The van der Waals surface area contributed by atoms with Crippen LogP contribution in [-0.4, -0.2) is 34.2 Å². The van der Waals surface area contributed by atoms with E-state index in [1.807, 2.05) is 24.3 Å². The predicted octanol–water partition coefficient (Wildman–Crippen LogP) is 2.95. The Bertz CT molecular complexity index is 697. The highest BCUT2D eigenvalue weighted by atomic mass is 16.1. The van der Waals surface area contributed by atoms with Crippen molar-refractivity contribution in [3.05, 3.63) is 30.5 Å². The number of rotatable bonds is 4. The molecule has 126 valence electrons. The van der Waals surface area contributed by atoms with Crippen molar-refractivity contribution in [3.8, 4) is 0 Å². The van der Waals surface area contributed by atoms with Gasteiger partial charge in [-0.3, -0.25) is 4.79 Å². The van der Waals surface area contributed by atoms with Gasteiger partial charge in [-0.1, -0.05) is 18.9 Å². The highest BCUT2D eigenvalue weighted by Crippen LogP contribution is 2.20. The molecule has 0 atom stereocenters. The van der Waals surface area contributed by atoms with E-state index in [0.717, 1.165) is 30.3 Å². The first kappa shape index (κ1) is 16.2. The fourth-order valence-corrected chi connectivity index (χ4v) is 2.81. The minimum Gasteiger partial charge on any atom is -0.355 e. The van der Waals surface area contributed by atoms with Crippen molar-refractivity contribution in [2.24, 2.45) is 0 Å². The van der Waals surface area contributed by atoms with Crippen LogP contribution in [0.1, 0.15) is 32.6 Å². The Balaban J connectivity index is 1.73. The molecular formula is C17H22N6O. The maximum absolute atomic E-state index is 11.2. The summed E-state index contributed by atoms with van der Waals surface area (Å²) in [6.07, 6.45) is 6.63. The lowest BCUT2D eigenvalue weighted by Gasteiger charge is -2.21. The van der Waals surface area contributed by atoms with E-state index in [1.165, 1.54) is 32.6 Å². The third-order valence-electron chi connectivity index (χ3n) is 3.92. The summed E-state index contributed by atoms with van der Waals surface area (Å²) < 4.78 is 0. The Morgan fingerprint density at radius 2 is 1.88 bits per heavy atom. The minimum absolute atomic E-state index is 0.103. The van der Waals surface area contributed by atoms with Crippen molar-refractivity contribution >= 4 is 29.0 Å². The molecule has 1 aliphatic heterocycles. The van der Waals surface area contributed by atoms with Crippen molar-refractivity contribution in [2.45, 2.75) is 32.6 Å². The van der Waals surface area contributed by atoms with Crippen LogP contribution >= 0.6 is 0 Å². The van der Waals surface area contributed by atoms with Crippen LogP contribution in [0.5, 0.6) is 0 Å².